The van der Waals surface area contributed by atoms with Crippen molar-refractivity contribution >= 4 is 5.91 Å². The molecule has 1 N–H and O–H groups in total. The van der Waals surface area contributed by atoms with Gasteiger partial charge in [-0.15, -0.1) is 0 Å². The van der Waals surface area contributed by atoms with Crippen LogP contribution in [0.1, 0.15) is 52.9 Å². The van der Waals surface area contributed by atoms with Gasteiger partial charge in [0.2, 0.25) is 5.91 Å². The SMILES string of the molecule is CCCC1(CN2CNC(C)(CC)C2=O)CC1. The number of amides is 1. The van der Waals surface area contributed by atoms with Crippen molar-refractivity contribution in [2.45, 2.75) is 58.4 Å². The Balaban J connectivity index is 1.95. The Morgan fingerprint density at radius 1 is 1.38 bits per heavy atom. The van der Waals surface area contributed by atoms with Gasteiger partial charge in [-0.3, -0.25) is 10.1 Å². The fourth-order valence-electron chi connectivity index (χ4n) is 2.77. The van der Waals surface area contributed by atoms with Crippen LogP contribution in [-0.2, 0) is 4.79 Å². The van der Waals surface area contributed by atoms with Crippen molar-refractivity contribution in [1.82, 2.24) is 10.2 Å². The van der Waals surface area contributed by atoms with Gasteiger partial charge in [0.25, 0.3) is 0 Å². The summed E-state index contributed by atoms with van der Waals surface area (Å²) in [6.07, 6.45) is 6.02. The molecule has 2 aliphatic rings. The van der Waals surface area contributed by atoms with Crippen LogP contribution in [0, 0.1) is 5.41 Å². The highest BCUT2D eigenvalue weighted by Gasteiger charge is 2.48. The van der Waals surface area contributed by atoms with E-state index < -0.39 is 0 Å². The fraction of sp³-hybridized carbons (Fsp3) is 0.923. The third kappa shape index (κ3) is 1.97. The predicted octanol–water partition coefficient (Wildman–Crippen LogP) is 2.12. The molecule has 1 unspecified atom stereocenters. The summed E-state index contributed by atoms with van der Waals surface area (Å²) >= 11 is 0. The lowest BCUT2D eigenvalue weighted by molar-refractivity contribution is -0.132. The molecule has 0 bridgehead atoms. The van der Waals surface area contributed by atoms with E-state index in [9.17, 15) is 4.79 Å². The van der Waals surface area contributed by atoms with E-state index in [1.165, 1.54) is 25.7 Å². The van der Waals surface area contributed by atoms with Crippen molar-refractivity contribution in [2.75, 3.05) is 13.2 Å². The third-order valence-electron chi connectivity index (χ3n) is 4.39. The van der Waals surface area contributed by atoms with Gasteiger partial charge >= 0.3 is 0 Å². The summed E-state index contributed by atoms with van der Waals surface area (Å²) in [5, 5.41) is 3.35. The number of hydrogen-bond donors (Lipinski definition) is 1. The smallest absolute Gasteiger partial charge is 0.243 e. The lowest BCUT2D eigenvalue weighted by atomic mass is 9.97. The van der Waals surface area contributed by atoms with Gasteiger partial charge < -0.3 is 4.90 Å². The van der Waals surface area contributed by atoms with E-state index in [0.717, 1.165) is 19.6 Å². The maximum Gasteiger partial charge on any atom is 0.243 e. The topological polar surface area (TPSA) is 32.3 Å². The second-order valence-electron chi connectivity index (χ2n) is 5.77. The number of nitrogens with one attached hydrogen (secondary N) is 1. The number of rotatable bonds is 5. The highest BCUT2D eigenvalue weighted by Crippen LogP contribution is 2.50. The highest BCUT2D eigenvalue weighted by molar-refractivity contribution is 5.87. The summed E-state index contributed by atoms with van der Waals surface area (Å²) < 4.78 is 0. The molecule has 1 atom stereocenters. The van der Waals surface area contributed by atoms with Crippen LogP contribution >= 0.6 is 0 Å². The van der Waals surface area contributed by atoms with Crippen LogP contribution in [0.2, 0.25) is 0 Å². The minimum absolute atomic E-state index is 0.303. The Morgan fingerprint density at radius 2 is 2.06 bits per heavy atom. The van der Waals surface area contributed by atoms with Gasteiger partial charge in [-0.1, -0.05) is 20.3 Å². The van der Waals surface area contributed by atoms with Crippen LogP contribution in [0.3, 0.4) is 0 Å². The van der Waals surface area contributed by atoms with E-state index in [0.29, 0.717) is 11.3 Å². The zero-order chi connectivity index (χ0) is 11.8. The Bertz CT molecular complexity index is 286. The second kappa shape index (κ2) is 4.02. The van der Waals surface area contributed by atoms with E-state index in [4.69, 9.17) is 0 Å². The van der Waals surface area contributed by atoms with Crippen molar-refractivity contribution < 1.29 is 4.79 Å². The Kier molecular flexibility index (Phi) is 2.99. The van der Waals surface area contributed by atoms with Crippen LogP contribution in [0.4, 0.5) is 0 Å². The van der Waals surface area contributed by atoms with Crippen LogP contribution in [0.25, 0.3) is 0 Å². The standard InChI is InChI=1S/C13H24N2O/c1-4-6-13(7-8-13)9-15-10-14-12(3,5-2)11(15)16/h14H,4-10H2,1-3H3. The van der Waals surface area contributed by atoms with Gasteiger partial charge in [-0.25, -0.2) is 0 Å². The Hall–Kier alpha value is -0.570. The molecule has 1 aliphatic carbocycles. The summed E-state index contributed by atoms with van der Waals surface area (Å²) in [7, 11) is 0. The Labute approximate surface area is 98.6 Å². The van der Waals surface area contributed by atoms with Crippen molar-refractivity contribution in [3.05, 3.63) is 0 Å². The quantitative estimate of drug-likeness (QED) is 0.776. The first-order valence-electron chi connectivity index (χ1n) is 6.60. The summed E-state index contributed by atoms with van der Waals surface area (Å²) in [5.41, 5.74) is 0.174. The molecule has 1 heterocycles. The van der Waals surface area contributed by atoms with E-state index in [1.54, 1.807) is 0 Å². The number of nitrogens with zero attached hydrogens (tertiary/aromatic N) is 1. The highest BCUT2D eigenvalue weighted by atomic mass is 16.2. The molecule has 0 aromatic carbocycles. The van der Waals surface area contributed by atoms with Gasteiger partial charge in [-0.2, -0.15) is 0 Å². The maximum atomic E-state index is 12.2. The lowest BCUT2D eigenvalue weighted by Gasteiger charge is -2.24. The van der Waals surface area contributed by atoms with Gasteiger partial charge in [0.1, 0.15) is 0 Å². The normalized spacial score (nSPS) is 32.2. The van der Waals surface area contributed by atoms with E-state index >= 15 is 0 Å². The van der Waals surface area contributed by atoms with E-state index in [2.05, 4.69) is 19.2 Å². The van der Waals surface area contributed by atoms with Gasteiger partial charge in [0.05, 0.1) is 12.2 Å². The lowest BCUT2D eigenvalue weighted by Crippen LogP contribution is -2.43. The first-order chi connectivity index (χ1) is 7.55. The molecule has 2 rings (SSSR count). The molecular weight excluding hydrogens is 200 g/mol. The van der Waals surface area contributed by atoms with Gasteiger partial charge in [0, 0.05) is 6.54 Å². The Morgan fingerprint density at radius 3 is 2.50 bits per heavy atom. The summed E-state index contributed by atoms with van der Waals surface area (Å²) in [4.78, 5) is 14.3. The molecule has 3 heteroatoms. The summed E-state index contributed by atoms with van der Waals surface area (Å²) in [6.45, 7) is 8.05. The molecule has 3 nitrogen and oxygen atoms in total. The van der Waals surface area contributed by atoms with Crippen LogP contribution in [0.5, 0.6) is 0 Å². The van der Waals surface area contributed by atoms with Crippen LogP contribution < -0.4 is 5.32 Å². The minimum atomic E-state index is -0.303. The third-order valence-corrected chi connectivity index (χ3v) is 4.39. The van der Waals surface area contributed by atoms with E-state index in [-0.39, 0.29) is 5.54 Å². The molecule has 0 radical (unpaired) electrons. The number of carbonyl (C=O) groups is 1. The first kappa shape index (κ1) is 11.9. The maximum absolute atomic E-state index is 12.2. The van der Waals surface area contributed by atoms with Crippen molar-refractivity contribution in [3.8, 4) is 0 Å². The molecule has 0 aromatic heterocycles. The average Bonchev–Trinajstić information content (AvgIpc) is 2.97. The van der Waals surface area contributed by atoms with Crippen LogP contribution in [0.15, 0.2) is 0 Å². The molecule has 2 fully saturated rings. The molecule has 0 aromatic rings. The van der Waals surface area contributed by atoms with Gasteiger partial charge in [-0.05, 0) is 38.0 Å². The zero-order valence-corrected chi connectivity index (χ0v) is 10.8. The number of hydrogen-bond acceptors (Lipinski definition) is 2. The molecule has 1 aliphatic heterocycles. The largest absolute Gasteiger partial charge is 0.328 e. The average molecular weight is 224 g/mol. The van der Waals surface area contributed by atoms with Crippen molar-refractivity contribution in [2.24, 2.45) is 5.41 Å². The zero-order valence-electron chi connectivity index (χ0n) is 10.8. The molecule has 1 amide bonds. The minimum Gasteiger partial charge on any atom is -0.328 e. The first-order valence-corrected chi connectivity index (χ1v) is 6.60. The monoisotopic (exact) mass is 224 g/mol. The van der Waals surface area contributed by atoms with Crippen molar-refractivity contribution in [3.63, 3.8) is 0 Å². The molecule has 1 saturated carbocycles. The predicted molar refractivity (Wildman–Crippen MR) is 65.0 cm³/mol. The van der Waals surface area contributed by atoms with E-state index in [1.807, 2.05) is 11.8 Å². The molecule has 0 spiro atoms. The molecule has 92 valence electrons. The van der Waals surface area contributed by atoms with Crippen LogP contribution in [-0.4, -0.2) is 29.6 Å². The second-order valence-corrected chi connectivity index (χ2v) is 5.77. The fourth-order valence-corrected chi connectivity index (χ4v) is 2.77. The molecule has 1 saturated heterocycles. The molecule has 16 heavy (non-hydrogen) atoms. The summed E-state index contributed by atoms with van der Waals surface area (Å²) in [5.74, 6) is 0.303. The van der Waals surface area contributed by atoms with Gasteiger partial charge in [0.15, 0.2) is 0 Å². The summed E-state index contributed by atoms with van der Waals surface area (Å²) in [6, 6.07) is 0. The number of carbonyl (C=O) groups excluding carboxylic acids is 1. The van der Waals surface area contributed by atoms with Crippen molar-refractivity contribution in [1.29, 1.82) is 0 Å². The molecular formula is C13H24N2O.